The third-order valence-corrected chi connectivity index (χ3v) is 3.90. The minimum absolute atomic E-state index is 0.500. The Labute approximate surface area is 95.8 Å². The highest BCUT2D eigenvalue weighted by Gasteiger charge is 2.18. The number of hydrogen-bond acceptors (Lipinski definition) is 1. The van der Waals surface area contributed by atoms with Gasteiger partial charge >= 0.3 is 0 Å². The lowest BCUT2D eigenvalue weighted by Crippen LogP contribution is -2.29. The van der Waals surface area contributed by atoms with E-state index in [0.29, 0.717) is 6.04 Å². The second kappa shape index (κ2) is 8.15. The van der Waals surface area contributed by atoms with E-state index in [0.717, 1.165) is 5.92 Å². The van der Waals surface area contributed by atoms with E-state index in [-0.39, 0.29) is 0 Å². The zero-order valence-corrected chi connectivity index (χ0v) is 10.5. The van der Waals surface area contributed by atoms with Crippen LogP contribution in [0.3, 0.4) is 0 Å². The van der Waals surface area contributed by atoms with Crippen LogP contribution in [-0.2, 0) is 0 Å². The smallest absolute Gasteiger partial charge is 0.00671 e. The molecule has 0 bridgehead atoms. The molecule has 0 aromatic rings. The molecule has 1 heteroatoms. The van der Waals surface area contributed by atoms with Crippen molar-refractivity contribution in [3.8, 4) is 0 Å². The van der Waals surface area contributed by atoms with Crippen LogP contribution in [0, 0.1) is 5.92 Å². The molecule has 15 heavy (non-hydrogen) atoms. The van der Waals surface area contributed by atoms with Gasteiger partial charge in [-0.05, 0) is 25.2 Å². The SMILES string of the molecule is CCCCCCC(N)C1CCCCCC1. The summed E-state index contributed by atoms with van der Waals surface area (Å²) in [5.41, 5.74) is 6.30. The molecule has 0 radical (unpaired) electrons. The Morgan fingerprint density at radius 3 is 2.27 bits per heavy atom. The predicted molar refractivity (Wildman–Crippen MR) is 67.9 cm³/mol. The number of unbranched alkanes of at least 4 members (excludes halogenated alkanes) is 3. The van der Waals surface area contributed by atoms with Gasteiger partial charge in [-0.25, -0.2) is 0 Å². The van der Waals surface area contributed by atoms with E-state index in [4.69, 9.17) is 5.73 Å². The quantitative estimate of drug-likeness (QED) is 0.516. The summed E-state index contributed by atoms with van der Waals surface area (Å²) in [4.78, 5) is 0. The van der Waals surface area contributed by atoms with Crippen molar-refractivity contribution in [1.29, 1.82) is 0 Å². The van der Waals surface area contributed by atoms with Crippen molar-refractivity contribution < 1.29 is 0 Å². The second-order valence-corrected chi connectivity index (χ2v) is 5.26. The molecule has 0 amide bonds. The van der Waals surface area contributed by atoms with E-state index in [1.807, 2.05) is 0 Å². The lowest BCUT2D eigenvalue weighted by Gasteiger charge is -2.22. The van der Waals surface area contributed by atoms with Crippen LogP contribution < -0.4 is 5.73 Å². The van der Waals surface area contributed by atoms with Gasteiger partial charge in [0.05, 0.1) is 0 Å². The zero-order valence-electron chi connectivity index (χ0n) is 10.5. The fourth-order valence-electron chi connectivity index (χ4n) is 2.78. The number of hydrogen-bond donors (Lipinski definition) is 1. The Morgan fingerprint density at radius 2 is 1.67 bits per heavy atom. The average Bonchev–Trinajstić information content (AvgIpc) is 2.52. The Balaban J connectivity index is 2.11. The maximum Gasteiger partial charge on any atom is 0.00671 e. The lowest BCUT2D eigenvalue weighted by molar-refractivity contribution is 0.350. The van der Waals surface area contributed by atoms with Crippen LogP contribution in [0.1, 0.15) is 77.6 Å². The van der Waals surface area contributed by atoms with E-state index in [2.05, 4.69) is 6.92 Å². The van der Waals surface area contributed by atoms with E-state index in [9.17, 15) is 0 Å². The second-order valence-electron chi connectivity index (χ2n) is 5.26. The summed E-state index contributed by atoms with van der Waals surface area (Å²) < 4.78 is 0. The van der Waals surface area contributed by atoms with Gasteiger partial charge in [0.2, 0.25) is 0 Å². The molecule has 1 aliphatic rings. The van der Waals surface area contributed by atoms with Crippen LogP contribution in [-0.4, -0.2) is 6.04 Å². The first-order valence-corrected chi connectivity index (χ1v) is 7.10. The van der Waals surface area contributed by atoms with E-state index >= 15 is 0 Å². The van der Waals surface area contributed by atoms with Gasteiger partial charge in [-0.1, -0.05) is 58.3 Å². The van der Waals surface area contributed by atoms with Gasteiger partial charge in [0.25, 0.3) is 0 Å². The normalized spacial score (nSPS) is 21.2. The van der Waals surface area contributed by atoms with Gasteiger partial charge in [-0.3, -0.25) is 0 Å². The molecule has 1 aliphatic carbocycles. The van der Waals surface area contributed by atoms with Crippen LogP contribution in [0.15, 0.2) is 0 Å². The molecular weight excluding hydrogens is 182 g/mol. The van der Waals surface area contributed by atoms with E-state index < -0.39 is 0 Å². The average molecular weight is 211 g/mol. The van der Waals surface area contributed by atoms with Crippen LogP contribution in [0.5, 0.6) is 0 Å². The largest absolute Gasteiger partial charge is 0.327 e. The topological polar surface area (TPSA) is 26.0 Å². The minimum Gasteiger partial charge on any atom is -0.327 e. The van der Waals surface area contributed by atoms with Crippen molar-refractivity contribution in [1.82, 2.24) is 0 Å². The summed E-state index contributed by atoms with van der Waals surface area (Å²) >= 11 is 0. The highest BCUT2D eigenvalue weighted by atomic mass is 14.6. The molecule has 1 rings (SSSR count). The van der Waals surface area contributed by atoms with E-state index in [1.165, 1.54) is 70.6 Å². The van der Waals surface area contributed by atoms with Crippen molar-refractivity contribution in [3.05, 3.63) is 0 Å². The third-order valence-electron chi connectivity index (χ3n) is 3.90. The standard InChI is InChI=1S/C14H29N/c1-2-3-4-9-12-14(15)13-10-7-5-6-8-11-13/h13-14H,2-12,15H2,1H3. The fourth-order valence-corrected chi connectivity index (χ4v) is 2.78. The third kappa shape index (κ3) is 5.55. The first-order valence-electron chi connectivity index (χ1n) is 7.10. The molecule has 0 aromatic carbocycles. The van der Waals surface area contributed by atoms with Gasteiger partial charge in [-0.2, -0.15) is 0 Å². The van der Waals surface area contributed by atoms with Gasteiger partial charge in [0.1, 0.15) is 0 Å². The predicted octanol–water partition coefficient (Wildman–Crippen LogP) is 4.25. The maximum atomic E-state index is 6.30. The molecule has 0 spiro atoms. The fraction of sp³-hybridized carbons (Fsp3) is 1.00. The number of rotatable bonds is 6. The summed E-state index contributed by atoms with van der Waals surface area (Å²) in [5, 5.41) is 0. The summed E-state index contributed by atoms with van der Waals surface area (Å²) in [5.74, 6) is 0.842. The van der Waals surface area contributed by atoms with Gasteiger partial charge in [-0.15, -0.1) is 0 Å². The zero-order chi connectivity index (χ0) is 10.9. The van der Waals surface area contributed by atoms with Crippen LogP contribution >= 0.6 is 0 Å². The minimum atomic E-state index is 0.500. The van der Waals surface area contributed by atoms with Gasteiger partial charge in [0, 0.05) is 6.04 Å². The maximum absolute atomic E-state index is 6.30. The van der Waals surface area contributed by atoms with Crippen LogP contribution in [0.2, 0.25) is 0 Å². The highest BCUT2D eigenvalue weighted by molar-refractivity contribution is 4.75. The van der Waals surface area contributed by atoms with Crippen molar-refractivity contribution >= 4 is 0 Å². The van der Waals surface area contributed by atoms with Gasteiger partial charge < -0.3 is 5.73 Å². The summed E-state index contributed by atoms with van der Waals surface area (Å²) in [7, 11) is 0. The summed E-state index contributed by atoms with van der Waals surface area (Å²) in [6.45, 7) is 2.27. The Bertz CT molecular complexity index is 136. The molecule has 0 saturated heterocycles. The van der Waals surface area contributed by atoms with Crippen molar-refractivity contribution in [2.24, 2.45) is 11.7 Å². The Morgan fingerprint density at radius 1 is 1.00 bits per heavy atom. The molecule has 90 valence electrons. The van der Waals surface area contributed by atoms with Crippen molar-refractivity contribution in [2.45, 2.75) is 83.6 Å². The Hall–Kier alpha value is -0.0400. The van der Waals surface area contributed by atoms with Crippen LogP contribution in [0.4, 0.5) is 0 Å². The van der Waals surface area contributed by atoms with Gasteiger partial charge in [0.15, 0.2) is 0 Å². The molecular formula is C14H29N. The van der Waals surface area contributed by atoms with Crippen LogP contribution in [0.25, 0.3) is 0 Å². The Kier molecular flexibility index (Phi) is 7.08. The first-order chi connectivity index (χ1) is 7.34. The van der Waals surface area contributed by atoms with Crippen molar-refractivity contribution in [2.75, 3.05) is 0 Å². The van der Waals surface area contributed by atoms with E-state index in [1.54, 1.807) is 0 Å². The highest BCUT2D eigenvalue weighted by Crippen LogP contribution is 2.26. The monoisotopic (exact) mass is 211 g/mol. The molecule has 1 unspecified atom stereocenters. The molecule has 2 N–H and O–H groups in total. The summed E-state index contributed by atoms with van der Waals surface area (Å²) in [6, 6.07) is 0.500. The first kappa shape index (κ1) is 13.0. The molecule has 1 fully saturated rings. The van der Waals surface area contributed by atoms with Crippen molar-refractivity contribution in [3.63, 3.8) is 0 Å². The molecule has 1 atom stereocenters. The molecule has 1 saturated carbocycles. The molecule has 1 nitrogen and oxygen atoms in total. The number of nitrogens with two attached hydrogens (primary N) is 1. The summed E-state index contributed by atoms with van der Waals surface area (Å²) in [6.07, 6.45) is 15.3. The molecule has 0 aromatic heterocycles. The molecule has 0 aliphatic heterocycles. The lowest BCUT2D eigenvalue weighted by atomic mass is 9.89. The molecule has 0 heterocycles.